The van der Waals surface area contributed by atoms with Crippen molar-refractivity contribution in [3.8, 4) is 5.88 Å². The van der Waals surface area contributed by atoms with Crippen LogP contribution in [0.2, 0.25) is 0 Å². The zero-order chi connectivity index (χ0) is 13.8. The van der Waals surface area contributed by atoms with E-state index in [2.05, 4.69) is 4.98 Å². The number of pyridine rings is 1. The third-order valence-electron chi connectivity index (χ3n) is 2.54. The van der Waals surface area contributed by atoms with E-state index in [0.29, 0.717) is 13.0 Å². The van der Waals surface area contributed by atoms with Gasteiger partial charge in [-0.05, 0) is 26.0 Å². The van der Waals surface area contributed by atoms with Gasteiger partial charge < -0.3 is 9.47 Å². The molecule has 0 saturated carbocycles. The Bertz CT molecular complexity index is 500. The van der Waals surface area contributed by atoms with Gasteiger partial charge in [0.05, 0.1) is 12.2 Å². The van der Waals surface area contributed by atoms with E-state index in [1.54, 1.807) is 7.11 Å². The molecule has 7 heteroatoms. The first-order valence-corrected chi connectivity index (χ1v) is 6.97. The van der Waals surface area contributed by atoms with E-state index >= 15 is 0 Å². The Morgan fingerprint density at radius 2 is 2.11 bits per heavy atom. The van der Waals surface area contributed by atoms with E-state index in [1.807, 2.05) is 13.8 Å². The Hall–Kier alpha value is -1.18. The van der Waals surface area contributed by atoms with Gasteiger partial charge in [-0.2, -0.15) is 0 Å². The molecule has 0 unspecified atom stereocenters. The van der Waals surface area contributed by atoms with E-state index in [-0.39, 0.29) is 16.4 Å². The molecule has 1 aromatic rings. The van der Waals surface area contributed by atoms with E-state index < -0.39 is 10.0 Å². The molecule has 0 spiro atoms. The van der Waals surface area contributed by atoms with Crippen molar-refractivity contribution in [3.05, 3.63) is 18.3 Å². The molecule has 0 fully saturated rings. The van der Waals surface area contributed by atoms with Gasteiger partial charge in [0.1, 0.15) is 4.90 Å². The van der Waals surface area contributed by atoms with Crippen molar-refractivity contribution >= 4 is 10.0 Å². The first-order valence-electron chi connectivity index (χ1n) is 5.42. The highest BCUT2D eigenvalue weighted by Crippen LogP contribution is 2.20. The van der Waals surface area contributed by atoms with Gasteiger partial charge in [-0.15, -0.1) is 0 Å². The molecule has 0 aliphatic carbocycles. The van der Waals surface area contributed by atoms with Gasteiger partial charge in [0.15, 0.2) is 0 Å². The van der Waals surface area contributed by atoms with Crippen LogP contribution in [0.25, 0.3) is 0 Å². The van der Waals surface area contributed by atoms with Crippen molar-refractivity contribution in [2.45, 2.75) is 30.8 Å². The number of sulfonamides is 1. The summed E-state index contributed by atoms with van der Waals surface area (Å²) in [6, 6.07) is 2.85. The first kappa shape index (κ1) is 14.9. The van der Waals surface area contributed by atoms with Crippen molar-refractivity contribution in [1.29, 1.82) is 0 Å². The molecule has 0 radical (unpaired) electrons. The number of hydrogen-bond acceptors (Lipinski definition) is 5. The second kappa shape index (κ2) is 5.64. The average Bonchev–Trinajstić information content (AvgIpc) is 2.28. The third-order valence-corrected chi connectivity index (χ3v) is 3.46. The predicted molar refractivity (Wildman–Crippen MR) is 66.8 cm³/mol. The number of hydrogen-bond donors (Lipinski definition) is 1. The van der Waals surface area contributed by atoms with Crippen LogP contribution in [-0.2, 0) is 14.8 Å². The van der Waals surface area contributed by atoms with Gasteiger partial charge in [-0.25, -0.2) is 18.5 Å². The highest BCUT2D eigenvalue weighted by atomic mass is 32.2. The maximum absolute atomic E-state index is 11.3. The standard InChI is InChI=1S/C11H18N2O4S/c1-11(2,16-3)6-8-17-10-9(18(12,14)15)5-4-7-13-10/h4-5,7H,6,8H2,1-3H3,(H2,12,14,15). The zero-order valence-electron chi connectivity index (χ0n) is 10.7. The second-order valence-electron chi connectivity index (χ2n) is 4.41. The summed E-state index contributed by atoms with van der Waals surface area (Å²) < 4.78 is 33.2. The lowest BCUT2D eigenvalue weighted by Gasteiger charge is -2.22. The van der Waals surface area contributed by atoms with E-state index in [9.17, 15) is 8.42 Å². The molecule has 102 valence electrons. The van der Waals surface area contributed by atoms with Gasteiger partial charge in [-0.3, -0.25) is 0 Å². The van der Waals surface area contributed by atoms with Crippen molar-refractivity contribution in [2.24, 2.45) is 5.14 Å². The van der Waals surface area contributed by atoms with Crippen molar-refractivity contribution in [3.63, 3.8) is 0 Å². The monoisotopic (exact) mass is 274 g/mol. The Morgan fingerprint density at radius 3 is 2.67 bits per heavy atom. The summed E-state index contributed by atoms with van der Waals surface area (Å²) in [6.45, 7) is 4.12. The van der Waals surface area contributed by atoms with Crippen LogP contribution in [0.3, 0.4) is 0 Å². The summed E-state index contributed by atoms with van der Waals surface area (Å²) in [6.07, 6.45) is 2.05. The quantitative estimate of drug-likeness (QED) is 0.833. The molecule has 0 amide bonds. The zero-order valence-corrected chi connectivity index (χ0v) is 11.5. The fourth-order valence-electron chi connectivity index (χ4n) is 1.20. The molecular formula is C11H18N2O4S. The molecule has 6 nitrogen and oxygen atoms in total. The Kier molecular flexibility index (Phi) is 4.66. The predicted octanol–water partition coefficient (Wildman–Crippen LogP) is 0.923. The largest absolute Gasteiger partial charge is 0.477 e. The number of nitrogens with two attached hydrogens (primary N) is 1. The van der Waals surface area contributed by atoms with Gasteiger partial charge in [-0.1, -0.05) is 0 Å². The summed E-state index contributed by atoms with van der Waals surface area (Å²) in [7, 11) is -2.22. The Labute approximate surface area is 107 Å². The molecule has 2 N–H and O–H groups in total. The number of nitrogens with zero attached hydrogens (tertiary/aromatic N) is 1. The first-order chi connectivity index (χ1) is 8.26. The van der Waals surface area contributed by atoms with Crippen molar-refractivity contribution in [1.82, 2.24) is 4.98 Å². The lowest BCUT2D eigenvalue weighted by molar-refractivity contribution is 0.00483. The highest BCUT2D eigenvalue weighted by Gasteiger charge is 2.19. The van der Waals surface area contributed by atoms with Crippen LogP contribution >= 0.6 is 0 Å². The van der Waals surface area contributed by atoms with Gasteiger partial charge in [0.2, 0.25) is 15.9 Å². The Morgan fingerprint density at radius 1 is 1.44 bits per heavy atom. The van der Waals surface area contributed by atoms with Crippen LogP contribution in [0.15, 0.2) is 23.2 Å². The lowest BCUT2D eigenvalue weighted by atomic mass is 10.1. The number of primary sulfonamides is 1. The summed E-state index contributed by atoms with van der Waals surface area (Å²) in [4.78, 5) is 3.76. The van der Waals surface area contributed by atoms with Crippen LogP contribution in [-0.4, -0.2) is 32.7 Å². The smallest absolute Gasteiger partial charge is 0.243 e. The summed E-state index contributed by atoms with van der Waals surface area (Å²) >= 11 is 0. The lowest BCUT2D eigenvalue weighted by Crippen LogP contribution is -2.25. The SMILES string of the molecule is COC(C)(C)CCOc1ncccc1S(N)(=O)=O. The molecule has 0 saturated heterocycles. The van der Waals surface area contributed by atoms with E-state index in [1.165, 1.54) is 18.3 Å². The molecule has 0 atom stereocenters. The minimum atomic E-state index is -3.82. The summed E-state index contributed by atoms with van der Waals surface area (Å²) in [5, 5.41) is 5.07. The molecule has 0 aliphatic heterocycles. The van der Waals surface area contributed by atoms with Crippen molar-refractivity contribution in [2.75, 3.05) is 13.7 Å². The van der Waals surface area contributed by atoms with E-state index in [0.717, 1.165) is 0 Å². The van der Waals surface area contributed by atoms with Crippen molar-refractivity contribution < 1.29 is 17.9 Å². The summed E-state index contributed by atoms with van der Waals surface area (Å²) in [5.41, 5.74) is -0.337. The molecule has 1 heterocycles. The summed E-state index contributed by atoms with van der Waals surface area (Å²) in [5.74, 6) is 0.0203. The van der Waals surface area contributed by atoms with Gasteiger partial charge in [0, 0.05) is 19.7 Å². The molecule has 1 rings (SSSR count). The molecular weight excluding hydrogens is 256 g/mol. The molecule has 0 bridgehead atoms. The fourth-order valence-corrected chi connectivity index (χ4v) is 1.82. The molecule has 1 aromatic heterocycles. The maximum atomic E-state index is 11.3. The number of methoxy groups -OCH3 is 1. The topological polar surface area (TPSA) is 91.5 Å². The maximum Gasteiger partial charge on any atom is 0.243 e. The number of aromatic nitrogens is 1. The minimum absolute atomic E-state index is 0.0203. The second-order valence-corrected chi connectivity index (χ2v) is 5.94. The molecule has 0 aromatic carbocycles. The fraction of sp³-hybridized carbons (Fsp3) is 0.545. The van der Waals surface area contributed by atoms with Crippen LogP contribution in [0.4, 0.5) is 0 Å². The van der Waals surface area contributed by atoms with Gasteiger partial charge in [0.25, 0.3) is 0 Å². The molecule has 0 aliphatic rings. The average molecular weight is 274 g/mol. The van der Waals surface area contributed by atoms with Crippen LogP contribution in [0.5, 0.6) is 5.88 Å². The third kappa shape index (κ3) is 4.25. The van der Waals surface area contributed by atoms with Crippen LogP contribution in [0, 0.1) is 0 Å². The van der Waals surface area contributed by atoms with Crippen LogP contribution < -0.4 is 9.88 Å². The van der Waals surface area contributed by atoms with Crippen LogP contribution in [0.1, 0.15) is 20.3 Å². The Balaban J connectivity index is 2.75. The highest BCUT2D eigenvalue weighted by molar-refractivity contribution is 7.89. The normalized spacial score (nSPS) is 12.4. The number of ether oxygens (including phenoxy) is 2. The number of rotatable bonds is 6. The molecule has 18 heavy (non-hydrogen) atoms. The van der Waals surface area contributed by atoms with Gasteiger partial charge >= 0.3 is 0 Å². The minimum Gasteiger partial charge on any atom is -0.477 e. The van der Waals surface area contributed by atoms with E-state index in [4.69, 9.17) is 14.6 Å².